The summed E-state index contributed by atoms with van der Waals surface area (Å²) >= 11 is 4.07. The zero-order chi connectivity index (χ0) is 25.1. The van der Waals surface area contributed by atoms with Crippen molar-refractivity contribution in [2.75, 3.05) is 11.9 Å². The SMILES string of the molecule is Cc1nsc(NC(=O)C2NC(Sc3nncn3C)=CC=C2Sc2ccc(CN3CCCC3=O)cc2)n1. The van der Waals surface area contributed by atoms with Crippen LogP contribution in [0.15, 0.2) is 62.7 Å². The van der Waals surface area contributed by atoms with Crippen LogP contribution in [0.5, 0.6) is 0 Å². The largest absolute Gasteiger partial charge is 0.364 e. The number of aromatic nitrogens is 5. The van der Waals surface area contributed by atoms with Crippen LogP contribution in [0.2, 0.25) is 0 Å². The molecule has 0 radical (unpaired) electrons. The van der Waals surface area contributed by atoms with E-state index in [2.05, 4.69) is 30.2 Å². The molecular formula is C23H24N8O2S3. The van der Waals surface area contributed by atoms with Crippen molar-refractivity contribution in [2.24, 2.45) is 7.05 Å². The van der Waals surface area contributed by atoms with Crippen LogP contribution in [0.1, 0.15) is 24.2 Å². The van der Waals surface area contributed by atoms with E-state index in [1.165, 1.54) is 23.5 Å². The number of dihydropyridines is 1. The first kappa shape index (κ1) is 24.5. The number of rotatable bonds is 8. The highest BCUT2D eigenvalue weighted by Gasteiger charge is 2.28. The van der Waals surface area contributed by atoms with Gasteiger partial charge in [0.1, 0.15) is 18.2 Å². The fourth-order valence-electron chi connectivity index (χ4n) is 3.75. The van der Waals surface area contributed by atoms with Gasteiger partial charge in [0.25, 0.3) is 5.91 Å². The molecule has 1 atom stereocenters. The van der Waals surface area contributed by atoms with Gasteiger partial charge in [-0.25, -0.2) is 4.98 Å². The lowest BCUT2D eigenvalue weighted by atomic mass is 10.2. The Bertz CT molecular complexity index is 1330. The summed E-state index contributed by atoms with van der Waals surface area (Å²) in [4.78, 5) is 33.2. The maximum absolute atomic E-state index is 13.3. The minimum Gasteiger partial charge on any atom is -0.364 e. The van der Waals surface area contributed by atoms with Gasteiger partial charge in [-0.05, 0) is 55.0 Å². The summed E-state index contributed by atoms with van der Waals surface area (Å²) in [5.41, 5.74) is 1.09. The lowest BCUT2D eigenvalue weighted by Gasteiger charge is -2.25. The van der Waals surface area contributed by atoms with Crippen LogP contribution in [-0.2, 0) is 23.2 Å². The molecule has 10 nitrogen and oxygen atoms in total. The van der Waals surface area contributed by atoms with E-state index in [9.17, 15) is 9.59 Å². The van der Waals surface area contributed by atoms with Gasteiger partial charge < -0.3 is 14.8 Å². The average molecular weight is 541 g/mol. The number of aryl methyl sites for hydroxylation is 2. The lowest BCUT2D eigenvalue weighted by molar-refractivity contribution is -0.128. The van der Waals surface area contributed by atoms with Crippen molar-refractivity contribution >= 4 is 52.0 Å². The summed E-state index contributed by atoms with van der Waals surface area (Å²) in [6.45, 7) is 3.24. The molecule has 4 heterocycles. The number of benzene rings is 1. The average Bonchev–Trinajstić information content (AvgIpc) is 3.58. The molecule has 1 saturated heterocycles. The number of carbonyl (C=O) groups excluding carboxylic acids is 2. The van der Waals surface area contributed by atoms with Crippen molar-refractivity contribution in [2.45, 2.75) is 42.4 Å². The maximum Gasteiger partial charge on any atom is 0.253 e. The molecule has 5 rings (SSSR count). The molecular weight excluding hydrogens is 517 g/mol. The van der Waals surface area contributed by atoms with Crippen LogP contribution in [0.25, 0.3) is 0 Å². The van der Waals surface area contributed by atoms with Crippen LogP contribution < -0.4 is 10.6 Å². The number of nitrogens with one attached hydrogen (secondary N) is 2. The van der Waals surface area contributed by atoms with E-state index in [1.807, 2.05) is 52.9 Å². The summed E-state index contributed by atoms with van der Waals surface area (Å²) in [5.74, 6) is 0.609. The quantitative estimate of drug-likeness (QED) is 0.444. The van der Waals surface area contributed by atoms with Crippen LogP contribution in [-0.4, -0.2) is 53.4 Å². The van der Waals surface area contributed by atoms with E-state index in [1.54, 1.807) is 13.3 Å². The smallest absolute Gasteiger partial charge is 0.253 e. The van der Waals surface area contributed by atoms with Gasteiger partial charge in [0.2, 0.25) is 11.0 Å². The number of allylic oxidation sites excluding steroid dienone is 2. The Morgan fingerprint density at radius 2 is 2.08 bits per heavy atom. The first-order valence-corrected chi connectivity index (χ1v) is 13.7. The molecule has 0 bridgehead atoms. The zero-order valence-electron chi connectivity index (χ0n) is 19.7. The molecule has 186 valence electrons. The molecule has 2 amide bonds. The normalized spacial score (nSPS) is 17.6. The van der Waals surface area contributed by atoms with Crippen molar-refractivity contribution in [3.8, 4) is 0 Å². The van der Waals surface area contributed by atoms with Gasteiger partial charge in [0, 0.05) is 47.9 Å². The minimum absolute atomic E-state index is 0.216. The van der Waals surface area contributed by atoms with Crippen molar-refractivity contribution in [1.82, 2.24) is 34.3 Å². The third-order valence-corrected chi connectivity index (χ3v) is 8.43. The molecule has 3 aromatic rings. The minimum atomic E-state index is -0.623. The second-order valence-electron chi connectivity index (χ2n) is 8.30. The fourth-order valence-corrected chi connectivity index (χ4v) is 6.08. The molecule has 1 fully saturated rings. The number of hydrogen-bond acceptors (Lipinski definition) is 10. The van der Waals surface area contributed by atoms with E-state index in [-0.39, 0.29) is 11.8 Å². The van der Waals surface area contributed by atoms with Crippen LogP contribution in [0.3, 0.4) is 0 Å². The Labute approximate surface area is 220 Å². The summed E-state index contributed by atoms with van der Waals surface area (Å²) in [7, 11) is 1.87. The third kappa shape index (κ3) is 5.79. The Morgan fingerprint density at radius 1 is 1.25 bits per heavy atom. The Morgan fingerprint density at radius 3 is 2.75 bits per heavy atom. The van der Waals surface area contributed by atoms with Gasteiger partial charge in [-0.15, -0.1) is 10.2 Å². The highest BCUT2D eigenvalue weighted by molar-refractivity contribution is 8.03. The second-order valence-corrected chi connectivity index (χ2v) is 11.2. The van der Waals surface area contributed by atoms with Crippen LogP contribution in [0.4, 0.5) is 5.13 Å². The molecule has 0 spiro atoms. The summed E-state index contributed by atoms with van der Waals surface area (Å²) < 4.78 is 5.96. The van der Waals surface area contributed by atoms with E-state index >= 15 is 0 Å². The molecule has 1 unspecified atom stereocenters. The number of likely N-dealkylation sites (tertiary alicyclic amines) is 1. The molecule has 2 aromatic heterocycles. The first-order chi connectivity index (χ1) is 17.4. The van der Waals surface area contributed by atoms with Gasteiger partial charge in [-0.3, -0.25) is 14.9 Å². The number of anilines is 1. The molecule has 1 aromatic carbocycles. The molecule has 0 saturated carbocycles. The molecule has 0 aliphatic carbocycles. The van der Waals surface area contributed by atoms with Crippen molar-refractivity contribution < 1.29 is 9.59 Å². The predicted molar refractivity (Wildman–Crippen MR) is 140 cm³/mol. The highest BCUT2D eigenvalue weighted by Crippen LogP contribution is 2.35. The number of hydrogen-bond donors (Lipinski definition) is 2. The summed E-state index contributed by atoms with van der Waals surface area (Å²) in [6, 6.07) is 7.50. The zero-order valence-corrected chi connectivity index (χ0v) is 22.1. The Hall–Kier alpha value is -3.16. The summed E-state index contributed by atoms with van der Waals surface area (Å²) in [6.07, 6.45) is 7.09. The van der Waals surface area contributed by atoms with E-state index in [0.717, 1.165) is 44.9 Å². The topological polar surface area (TPSA) is 118 Å². The van der Waals surface area contributed by atoms with Gasteiger partial charge >= 0.3 is 0 Å². The molecule has 2 aliphatic rings. The van der Waals surface area contributed by atoms with Crippen LogP contribution >= 0.6 is 35.1 Å². The molecule has 2 N–H and O–H groups in total. The number of amides is 2. The monoisotopic (exact) mass is 540 g/mol. The third-order valence-electron chi connectivity index (χ3n) is 5.56. The van der Waals surface area contributed by atoms with Gasteiger partial charge in [0.15, 0.2) is 5.16 Å². The standard InChI is InChI=1S/C23H24N8O2S3/c1-14-25-22(36-29-14)27-21(33)20-17(9-10-18(26-20)35-23-28-24-13-30(23)2)34-16-7-5-15(6-8-16)12-31-11-3-4-19(31)32/h5-10,13,20,26H,3-4,11-12H2,1-2H3,(H,25,27,29,33). The van der Waals surface area contributed by atoms with Gasteiger partial charge in [-0.1, -0.05) is 23.9 Å². The predicted octanol–water partition coefficient (Wildman–Crippen LogP) is 3.32. The first-order valence-electron chi connectivity index (χ1n) is 11.3. The molecule has 2 aliphatic heterocycles. The summed E-state index contributed by atoms with van der Waals surface area (Å²) in [5, 5.41) is 16.2. The molecule has 13 heteroatoms. The van der Waals surface area contributed by atoms with Crippen LogP contribution in [0, 0.1) is 6.92 Å². The molecule has 36 heavy (non-hydrogen) atoms. The number of carbonyl (C=O) groups is 2. The highest BCUT2D eigenvalue weighted by atomic mass is 32.2. The van der Waals surface area contributed by atoms with E-state index in [4.69, 9.17) is 0 Å². The van der Waals surface area contributed by atoms with Gasteiger partial charge in [0.05, 0.1) is 5.03 Å². The van der Waals surface area contributed by atoms with E-state index < -0.39 is 6.04 Å². The van der Waals surface area contributed by atoms with E-state index in [0.29, 0.717) is 29.1 Å². The van der Waals surface area contributed by atoms with Crippen molar-refractivity contribution in [1.29, 1.82) is 0 Å². The van der Waals surface area contributed by atoms with Crippen molar-refractivity contribution in [3.05, 3.63) is 64.1 Å². The number of nitrogens with zero attached hydrogens (tertiary/aromatic N) is 6. The Kier molecular flexibility index (Phi) is 7.39. The second kappa shape index (κ2) is 10.8. The maximum atomic E-state index is 13.3. The van der Waals surface area contributed by atoms with Gasteiger partial charge in [-0.2, -0.15) is 4.37 Å². The lowest BCUT2D eigenvalue weighted by Crippen LogP contribution is -2.41. The van der Waals surface area contributed by atoms with Crippen molar-refractivity contribution in [3.63, 3.8) is 0 Å². The number of thioether (sulfide) groups is 2. The fraction of sp³-hybridized carbons (Fsp3) is 0.304. The Balaban J connectivity index is 1.32.